The van der Waals surface area contributed by atoms with E-state index in [9.17, 15) is 9.18 Å². The lowest BCUT2D eigenvalue weighted by Gasteiger charge is -2.36. The Hall–Kier alpha value is -4.00. The normalized spacial score (nSPS) is 15.8. The van der Waals surface area contributed by atoms with Gasteiger partial charge in [0, 0.05) is 61.2 Å². The number of carbonyl (C=O) groups excluding carboxylic acids is 1. The SMILES string of the molecule is CCc1cccc2c(C(CC(=O)N3CCN(c4ccccc4F)CC3)c3cccc4c3OCO4)c[nH]c12. The molecule has 1 aromatic heterocycles. The van der Waals surface area contributed by atoms with Gasteiger partial charge in [-0.05, 0) is 35.7 Å². The maximum Gasteiger partial charge on any atom is 0.231 e. The summed E-state index contributed by atoms with van der Waals surface area (Å²) in [5, 5.41) is 1.12. The van der Waals surface area contributed by atoms with E-state index >= 15 is 0 Å². The zero-order chi connectivity index (χ0) is 25.4. The largest absolute Gasteiger partial charge is 0.454 e. The molecule has 190 valence electrons. The molecule has 3 aromatic carbocycles. The maximum atomic E-state index is 14.3. The molecule has 0 radical (unpaired) electrons. The van der Waals surface area contributed by atoms with E-state index in [0.29, 0.717) is 49.8 Å². The number of halogens is 1. The van der Waals surface area contributed by atoms with Crippen LogP contribution >= 0.6 is 0 Å². The fraction of sp³-hybridized carbons (Fsp3) is 0.300. The Balaban J connectivity index is 1.29. The Morgan fingerprint density at radius 1 is 0.973 bits per heavy atom. The number of amides is 1. The van der Waals surface area contributed by atoms with E-state index in [1.807, 2.05) is 40.3 Å². The molecule has 0 saturated carbocycles. The molecule has 2 aliphatic heterocycles. The fourth-order valence-corrected chi connectivity index (χ4v) is 5.65. The Labute approximate surface area is 215 Å². The highest BCUT2D eigenvalue weighted by Crippen LogP contribution is 2.44. The summed E-state index contributed by atoms with van der Waals surface area (Å²) in [5.41, 5.74) is 4.98. The van der Waals surface area contributed by atoms with Crippen molar-refractivity contribution in [1.29, 1.82) is 0 Å². The van der Waals surface area contributed by atoms with Gasteiger partial charge >= 0.3 is 0 Å². The number of nitrogens with zero attached hydrogens (tertiary/aromatic N) is 2. The number of rotatable bonds is 6. The van der Waals surface area contributed by atoms with Crippen molar-refractivity contribution in [2.24, 2.45) is 0 Å². The number of benzene rings is 3. The molecule has 6 nitrogen and oxygen atoms in total. The number of nitrogens with one attached hydrogen (secondary N) is 1. The molecule has 1 N–H and O–H groups in total. The Bertz CT molecular complexity index is 1440. The van der Waals surface area contributed by atoms with Gasteiger partial charge in [0.05, 0.1) is 5.69 Å². The second kappa shape index (κ2) is 9.81. The van der Waals surface area contributed by atoms with Crippen LogP contribution in [0.4, 0.5) is 10.1 Å². The first-order valence-corrected chi connectivity index (χ1v) is 12.9. The molecule has 0 aliphatic carbocycles. The number of fused-ring (bicyclic) bond motifs is 2. The van der Waals surface area contributed by atoms with Crippen molar-refractivity contribution in [2.75, 3.05) is 37.9 Å². The quantitative estimate of drug-likeness (QED) is 0.382. The van der Waals surface area contributed by atoms with E-state index in [4.69, 9.17) is 9.47 Å². The molecule has 0 spiro atoms. The first-order valence-electron chi connectivity index (χ1n) is 12.9. The number of carbonyl (C=O) groups is 1. The topological polar surface area (TPSA) is 57.8 Å². The van der Waals surface area contributed by atoms with Gasteiger partial charge in [-0.3, -0.25) is 4.79 Å². The molecule has 1 unspecified atom stereocenters. The van der Waals surface area contributed by atoms with Crippen LogP contribution in [0.3, 0.4) is 0 Å². The van der Waals surface area contributed by atoms with Gasteiger partial charge in [0.1, 0.15) is 5.82 Å². The van der Waals surface area contributed by atoms with Crippen LogP contribution < -0.4 is 14.4 Å². The zero-order valence-corrected chi connectivity index (χ0v) is 20.9. The predicted molar refractivity (Wildman–Crippen MR) is 142 cm³/mol. The Kier molecular flexibility index (Phi) is 6.20. The highest BCUT2D eigenvalue weighted by atomic mass is 19.1. The van der Waals surface area contributed by atoms with Crippen LogP contribution in [-0.2, 0) is 11.2 Å². The number of H-pyrrole nitrogens is 1. The number of ether oxygens (including phenoxy) is 2. The highest BCUT2D eigenvalue weighted by molar-refractivity contribution is 5.88. The summed E-state index contributed by atoms with van der Waals surface area (Å²) < 4.78 is 25.8. The van der Waals surface area contributed by atoms with Gasteiger partial charge in [-0.1, -0.05) is 49.4 Å². The van der Waals surface area contributed by atoms with E-state index in [1.165, 1.54) is 11.6 Å². The van der Waals surface area contributed by atoms with Crippen LogP contribution in [0, 0.1) is 5.82 Å². The van der Waals surface area contributed by atoms with Crippen molar-refractivity contribution in [3.63, 3.8) is 0 Å². The standard InChI is InChI=1S/C30H30FN3O3/c1-2-20-7-5-8-21-24(18-32-29(20)21)23(22-9-6-12-27-30(22)37-19-36-27)17-28(35)34-15-13-33(14-16-34)26-11-4-3-10-25(26)31/h3-12,18,23,32H,2,13-17,19H2,1H3. The molecular weight excluding hydrogens is 469 g/mol. The van der Waals surface area contributed by atoms with Crippen LogP contribution in [0.2, 0.25) is 0 Å². The minimum absolute atomic E-state index is 0.0794. The molecule has 2 aliphatic rings. The molecular formula is C30H30FN3O3. The lowest BCUT2D eigenvalue weighted by atomic mass is 9.86. The Morgan fingerprint density at radius 3 is 2.59 bits per heavy atom. The van der Waals surface area contributed by atoms with Crippen LogP contribution in [0.5, 0.6) is 11.5 Å². The van der Waals surface area contributed by atoms with E-state index in [1.54, 1.807) is 12.1 Å². The molecule has 1 amide bonds. The third-order valence-corrected chi connectivity index (χ3v) is 7.60. The van der Waals surface area contributed by atoms with E-state index < -0.39 is 0 Å². The van der Waals surface area contributed by atoms with Gasteiger partial charge in [0.25, 0.3) is 0 Å². The summed E-state index contributed by atoms with van der Waals surface area (Å²) in [7, 11) is 0. The van der Waals surface area contributed by atoms with Gasteiger partial charge in [0.15, 0.2) is 11.5 Å². The first-order chi connectivity index (χ1) is 18.1. The van der Waals surface area contributed by atoms with Gasteiger partial charge in [-0.25, -0.2) is 4.39 Å². The summed E-state index contributed by atoms with van der Waals surface area (Å²) in [6, 6.07) is 19.0. The first kappa shape index (κ1) is 23.4. The predicted octanol–water partition coefficient (Wildman–Crippen LogP) is 5.47. The smallest absolute Gasteiger partial charge is 0.231 e. The molecule has 1 fully saturated rings. The number of aromatic amines is 1. The third-order valence-electron chi connectivity index (χ3n) is 7.60. The highest BCUT2D eigenvalue weighted by Gasteiger charge is 2.31. The molecule has 4 aromatic rings. The van der Waals surface area contributed by atoms with Crippen molar-refractivity contribution in [3.8, 4) is 11.5 Å². The number of piperazine rings is 1. The van der Waals surface area contributed by atoms with Gasteiger partial charge < -0.3 is 24.3 Å². The molecule has 1 saturated heterocycles. The van der Waals surface area contributed by atoms with E-state index in [2.05, 4.69) is 30.1 Å². The van der Waals surface area contributed by atoms with Gasteiger partial charge in [-0.15, -0.1) is 0 Å². The Morgan fingerprint density at radius 2 is 1.78 bits per heavy atom. The van der Waals surface area contributed by atoms with Crippen LogP contribution in [0.25, 0.3) is 10.9 Å². The summed E-state index contributed by atoms with van der Waals surface area (Å²) in [4.78, 5) is 21.1. The summed E-state index contributed by atoms with van der Waals surface area (Å²) in [6.45, 7) is 4.63. The zero-order valence-electron chi connectivity index (χ0n) is 20.9. The molecule has 0 bridgehead atoms. The maximum absolute atomic E-state index is 14.3. The van der Waals surface area contributed by atoms with Gasteiger partial charge in [0.2, 0.25) is 12.7 Å². The van der Waals surface area contributed by atoms with Crippen LogP contribution in [-0.4, -0.2) is 48.8 Å². The molecule has 1 atom stereocenters. The molecule has 37 heavy (non-hydrogen) atoms. The average Bonchev–Trinajstić information content (AvgIpc) is 3.59. The third kappa shape index (κ3) is 4.28. The van der Waals surface area contributed by atoms with Crippen LogP contribution in [0.1, 0.15) is 36.0 Å². The summed E-state index contributed by atoms with van der Waals surface area (Å²) in [5.74, 6) is 1.08. The number of aromatic nitrogens is 1. The number of hydrogen-bond acceptors (Lipinski definition) is 4. The van der Waals surface area contributed by atoms with Crippen molar-refractivity contribution in [2.45, 2.75) is 25.7 Å². The van der Waals surface area contributed by atoms with Crippen LogP contribution in [0.15, 0.2) is 66.9 Å². The van der Waals surface area contributed by atoms with Crippen molar-refractivity contribution in [1.82, 2.24) is 9.88 Å². The lowest BCUT2D eigenvalue weighted by Crippen LogP contribution is -2.49. The molecule has 3 heterocycles. The number of para-hydroxylation sites is 3. The number of anilines is 1. The second-order valence-corrected chi connectivity index (χ2v) is 9.59. The van der Waals surface area contributed by atoms with E-state index in [0.717, 1.165) is 28.5 Å². The minimum atomic E-state index is -0.228. The number of aryl methyl sites for hydroxylation is 1. The minimum Gasteiger partial charge on any atom is -0.454 e. The number of hydrogen-bond donors (Lipinski definition) is 1. The molecule has 7 heteroatoms. The summed E-state index contributed by atoms with van der Waals surface area (Å²) in [6.07, 6.45) is 3.26. The van der Waals surface area contributed by atoms with Gasteiger partial charge in [-0.2, -0.15) is 0 Å². The van der Waals surface area contributed by atoms with E-state index in [-0.39, 0.29) is 24.4 Å². The second-order valence-electron chi connectivity index (χ2n) is 9.59. The average molecular weight is 500 g/mol. The monoisotopic (exact) mass is 499 g/mol. The van der Waals surface area contributed by atoms with Crippen molar-refractivity contribution in [3.05, 3.63) is 89.4 Å². The van der Waals surface area contributed by atoms with Crippen molar-refractivity contribution < 1.29 is 18.7 Å². The summed E-state index contributed by atoms with van der Waals surface area (Å²) >= 11 is 0. The molecule has 6 rings (SSSR count). The fourth-order valence-electron chi connectivity index (χ4n) is 5.65. The lowest BCUT2D eigenvalue weighted by molar-refractivity contribution is -0.131. The van der Waals surface area contributed by atoms with Crippen molar-refractivity contribution >= 4 is 22.5 Å².